The highest BCUT2D eigenvalue weighted by molar-refractivity contribution is 7.91. The minimum absolute atomic E-state index is 0.00649. The Morgan fingerprint density at radius 1 is 1.19 bits per heavy atom. The molecule has 2 fully saturated rings. The van der Waals surface area contributed by atoms with E-state index in [9.17, 15) is 13.2 Å². The molecule has 0 radical (unpaired) electrons. The van der Waals surface area contributed by atoms with Crippen molar-refractivity contribution in [3.8, 4) is 5.75 Å². The third-order valence-electron chi connectivity index (χ3n) is 5.65. The van der Waals surface area contributed by atoms with Crippen molar-refractivity contribution in [2.24, 2.45) is 0 Å². The SMILES string of the molecule is CC(C)(C)c1ccc(OCC(=O)N2CC[NH+]([C@H]3CCS(=O)(=O)C3)CC2)cc1. The smallest absolute Gasteiger partial charge is 0.260 e. The van der Waals surface area contributed by atoms with Crippen LogP contribution in [0, 0.1) is 0 Å². The Bertz CT molecular complexity index is 760. The van der Waals surface area contributed by atoms with Crippen molar-refractivity contribution in [2.75, 3.05) is 44.3 Å². The van der Waals surface area contributed by atoms with E-state index in [1.165, 1.54) is 10.5 Å². The highest BCUT2D eigenvalue weighted by Gasteiger charge is 2.37. The molecule has 0 unspecified atom stereocenters. The lowest BCUT2D eigenvalue weighted by molar-refractivity contribution is -0.925. The van der Waals surface area contributed by atoms with E-state index < -0.39 is 9.84 Å². The number of quaternary nitrogens is 1. The molecule has 0 bridgehead atoms. The number of carbonyl (C=O) groups is 1. The van der Waals surface area contributed by atoms with Crippen LogP contribution in [-0.4, -0.2) is 69.6 Å². The molecule has 0 aromatic heterocycles. The van der Waals surface area contributed by atoms with Gasteiger partial charge in [-0.1, -0.05) is 32.9 Å². The number of rotatable bonds is 4. The summed E-state index contributed by atoms with van der Waals surface area (Å²) in [7, 11) is -2.85. The van der Waals surface area contributed by atoms with Crippen molar-refractivity contribution >= 4 is 15.7 Å². The van der Waals surface area contributed by atoms with E-state index in [-0.39, 0.29) is 24.0 Å². The van der Waals surface area contributed by atoms with Gasteiger partial charge in [0.2, 0.25) is 0 Å². The molecule has 2 aliphatic rings. The molecule has 1 aromatic rings. The van der Waals surface area contributed by atoms with Crippen molar-refractivity contribution in [2.45, 2.75) is 38.6 Å². The molecule has 1 N–H and O–H groups in total. The second-order valence-electron chi connectivity index (χ2n) is 8.70. The molecule has 2 aliphatic heterocycles. The number of hydrogen-bond acceptors (Lipinski definition) is 4. The van der Waals surface area contributed by atoms with Crippen LogP contribution in [0.2, 0.25) is 0 Å². The van der Waals surface area contributed by atoms with E-state index in [4.69, 9.17) is 4.74 Å². The van der Waals surface area contributed by atoms with Crippen LogP contribution in [0.4, 0.5) is 0 Å². The number of carbonyl (C=O) groups excluding carboxylic acids is 1. The van der Waals surface area contributed by atoms with Crippen LogP contribution in [0.3, 0.4) is 0 Å². The van der Waals surface area contributed by atoms with E-state index in [0.717, 1.165) is 19.5 Å². The molecule has 0 saturated carbocycles. The van der Waals surface area contributed by atoms with Gasteiger partial charge >= 0.3 is 0 Å². The minimum atomic E-state index is -2.85. The Hall–Kier alpha value is -1.60. The van der Waals surface area contributed by atoms with E-state index in [1.54, 1.807) is 0 Å². The number of hydrogen-bond donors (Lipinski definition) is 1. The predicted molar refractivity (Wildman–Crippen MR) is 105 cm³/mol. The number of piperazine rings is 1. The number of benzene rings is 1. The molecular weight excluding hydrogens is 364 g/mol. The van der Waals surface area contributed by atoms with Crippen LogP contribution >= 0.6 is 0 Å². The Kier molecular flexibility index (Phi) is 5.82. The zero-order chi connectivity index (χ0) is 19.7. The van der Waals surface area contributed by atoms with Crippen molar-refractivity contribution in [1.29, 1.82) is 0 Å². The zero-order valence-corrected chi connectivity index (χ0v) is 17.3. The van der Waals surface area contributed by atoms with Gasteiger partial charge in [0.15, 0.2) is 16.4 Å². The first-order valence-corrected chi connectivity index (χ1v) is 11.5. The highest BCUT2D eigenvalue weighted by Crippen LogP contribution is 2.24. The second kappa shape index (κ2) is 7.80. The first-order chi connectivity index (χ1) is 12.6. The zero-order valence-electron chi connectivity index (χ0n) is 16.5. The summed E-state index contributed by atoms with van der Waals surface area (Å²) in [6.45, 7) is 9.48. The summed E-state index contributed by atoms with van der Waals surface area (Å²) in [4.78, 5) is 15.6. The molecule has 1 amide bonds. The maximum atomic E-state index is 12.4. The Labute approximate surface area is 162 Å². The lowest BCUT2D eigenvalue weighted by atomic mass is 9.87. The molecule has 27 heavy (non-hydrogen) atoms. The lowest BCUT2D eigenvalue weighted by Gasteiger charge is -2.34. The molecule has 1 aromatic carbocycles. The average Bonchev–Trinajstić information content (AvgIpc) is 2.99. The molecule has 6 nitrogen and oxygen atoms in total. The maximum Gasteiger partial charge on any atom is 0.260 e. The maximum absolute atomic E-state index is 12.4. The summed E-state index contributed by atoms with van der Waals surface area (Å²) in [5.41, 5.74) is 1.32. The summed E-state index contributed by atoms with van der Waals surface area (Å²) in [6, 6.07) is 8.10. The monoisotopic (exact) mass is 395 g/mol. The van der Waals surface area contributed by atoms with Gasteiger partial charge in [0.1, 0.15) is 17.5 Å². The van der Waals surface area contributed by atoms with Gasteiger partial charge in [0.05, 0.1) is 31.9 Å². The molecule has 2 saturated heterocycles. The Balaban J connectivity index is 1.44. The number of ether oxygens (including phenoxy) is 1. The van der Waals surface area contributed by atoms with Gasteiger partial charge in [0, 0.05) is 6.42 Å². The summed E-state index contributed by atoms with van der Waals surface area (Å²) < 4.78 is 29.0. The first kappa shape index (κ1) is 20.1. The number of amides is 1. The summed E-state index contributed by atoms with van der Waals surface area (Å²) in [5, 5.41) is 0. The summed E-state index contributed by atoms with van der Waals surface area (Å²) >= 11 is 0. The second-order valence-corrected chi connectivity index (χ2v) is 10.9. The fraction of sp³-hybridized carbons (Fsp3) is 0.650. The van der Waals surface area contributed by atoms with Crippen LogP contribution < -0.4 is 9.64 Å². The standard InChI is InChI=1S/C20H30N2O4S/c1-20(2,3)16-4-6-18(7-5-16)26-14-19(23)22-11-9-21(10-12-22)17-8-13-27(24,25)15-17/h4-7,17H,8-15H2,1-3H3/p+1/t17-/m0/s1. The van der Waals surface area contributed by atoms with Crippen LogP contribution in [0.1, 0.15) is 32.8 Å². The third-order valence-corrected chi connectivity index (χ3v) is 7.42. The molecular formula is C20H31N2O4S+. The number of nitrogens with zero attached hydrogens (tertiary/aromatic N) is 1. The molecule has 1 atom stereocenters. The van der Waals surface area contributed by atoms with Gasteiger partial charge in [-0.15, -0.1) is 0 Å². The fourth-order valence-electron chi connectivity index (χ4n) is 3.86. The first-order valence-electron chi connectivity index (χ1n) is 9.70. The average molecular weight is 396 g/mol. The van der Waals surface area contributed by atoms with Crippen LogP contribution in [0.5, 0.6) is 5.75 Å². The van der Waals surface area contributed by atoms with E-state index in [1.807, 2.05) is 29.2 Å². The van der Waals surface area contributed by atoms with E-state index in [0.29, 0.717) is 30.3 Å². The summed E-state index contributed by atoms with van der Waals surface area (Å²) in [6.07, 6.45) is 0.749. The van der Waals surface area contributed by atoms with Crippen LogP contribution in [-0.2, 0) is 20.0 Å². The lowest BCUT2D eigenvalue weighted by Crippen LogP contribution is -3.18. The van der Waals surface area contributed by atoms with Crippen LogP contribution in [0.15, 0.2) is 24.3 Å². The number of sulfone groups is 1. The fourth-order valence-corrected chi connectivity index (χ4v) is 5.68. The molecule has 7 heteroatoms. The van der Waals surface area contributed by atoms with Crippen LogP contribution in [0.25, 0.3) is 0 Å². The van der Waals surface area contributed by atoms with Gasteiger partial charge < -0.3 is 14.5 Å². The minimum Gasteiger partial charge on any atom is -0.484 e. The molecule has 3 rings (SSSR count). The van der Waals surface area contributed by atoms with E-state index >= 15 is 0 Å². The largest absolute Gasteiger partial charge is 0.484 e. The molecule has 150 valence electrons. The molecule has 0 aliphatic carbocycles. The summed E-state index contributed by atoms with van der Waals surface area (Å²) in [5.74, 6) is 1.31. The quantitative estimate of drug-likeness (QED) is 0.795. The van der Waals surface area contributed by atoms with Gasteiger partial charge in [-0.25, -0.2) is 8.42 Å². The molecule has 0 spiro atoms. The topological polar surface area (TPSA) is 68.1 Å². The van der Waals surface area contributed by atoms with Gasteiger partial charge in [0.25, 0.3) is 5.91 Å². The van der Waals surface area contributed by atoms with Gasteiger partial charge in [-0.3, -0.25) is 4.79 Å². The Morgan fingerprint density at radius 2 is 1.81 bits per heavy atom. The third kappa shape index (κ3) is 5.23. The Morgan fingerprint density at radius 3 is 2.33 bits per heavy atom. The number of nitrogens with one attached hydrogen (secondary N) is 1. The predicted octanol–water partition coefficient (Wildman–Crippen LogP) is 0.277. The van der Waals surface area contributed by atoms with Crippen molar-refractivity contribution in [1.82, 2.24) is 4.90 Å². The van der Waals surface area contributed by atoms with Crippen molar-refractivity contribution < 1.29 is 22.8 Å². The van der Waals surface area contributed by atoms with Crippen molar-refractivity contribution in [3.63, 3.8) is 0 Å². The highest BCUT2D eigenvalue weighted by atomic mass is 32.2. The van der Waals surface area contributed by atoms with E-state index in [2.05, 4.69) is 20.8 Å². The van der Waals surface area contributed by atoms with Crippen molar-refractivity contribution in [3.05, 3.63) is 29.8 Å². The van der Waals surface area contributed by atoms with Gasteiger partial charge in [-0.05, 0) is 23.1 Å². The molecule has 2 heterocycles. The van der Waals surface area contributed by atoms with Gasteiger partial charge in [-0.2, -0.15) is 0 Å². The normalized spacial score (nSPS) is 23.4.